The van der Waals surface area contributed by atoms with Crippen molar-refractivity contribution in [1.29, 1.82) is 0 Å². The van der Waals surface area contributed by atoms with E-state index >= 15 is 0 Å². The number of amides is 1. The summed E-state index contributed by atoms with van der Waals surface area (Å²) < 4.78 is 5.67. The lowest BCUT2D eigenvalue weighted by Gasteiger charge is -2.21. The van der Waals surface area contributed by atoms with Gasteiger partial charge in [-0.3, -0.25) is 4.79 Å². The average Bonchev–Trinajstić information content (AvgIpc) is 2.38. The fourth-order valence-electron chi connectivity index (χ4n) is 2.48. The molecular weight excluding hydrogens is 226 g/mol. The first-order valence-electron chi connectivity index (χ1n) is 6.47. The van der Waals surface area contributed by atoms with Crippen molar-refractivity contribution in [2.75, 3.05) is 6.61 Å². The minimum absolute atomic E-state index is 0.409. The van der Waals surface area contributed by atoms with Gasteiger partial charge >= 0.3 is 0 Å². The van der Waals surface area contributed by atoms with E-state index in [0.717, 1.165) is 24.2 Å². The van der Waals surface area contributed by atoms with Gasteiger partial charge in [0.2, 0.25) is 5.91 Å². The summed E-state index contributed by atoms with van der Waals surface area (Å²) in [4.78, 5) is 10.8. The van der Waals surface area contributed by atoms with Crippen LogP contribution in [0.3, 0.4) is 0 Å². The molecule has 0 atom stereocenters. The Balaban J connectivity index is 2.40. The highest BCUT2D eigenvalue weighted by atomic mass is 16.5. The summed E-state index contributed by atoms with van der Waals surface area (Å²) in [6, 6.07) is 4.00. The van der Waals surface area contributed by atoms with E-state index in [4.69, 9.17) is 10.5 Å². The fraction of sp³-hybridized carbons (Fsp3) is 0.400. The van der Waals surface area contributed by atoms with Gasteiger partial charge in [-0.1, -0.05) is 6.07 Å². The first-order valence-corrected chi connectivity index (χ1v) is 6.47. The highest BCUT2D eigenvalue weighted by Crippen LogP contribution is 2.32. The molecule has 0 aromatic heterocycles. The number of primary amides is 1. The van der Waals surface area contributed by atoms with Gasteiger partial charge in [0.05, 0.1) is 6.61 Å². The van der Waals surface area contributed by atoms with Crippen molar-refractivity contribution in [3.05, 3.63) is 34.9 Å². The van der Waals surface area contributed by atoms with Crippen molar-refractivity contribution < 1.29 is 9.53 Å². The molecule has 0 heterocycles. The number of nitrogens with two attached hydrogens (primary N) is 1. The number of carbonyl (C=O) groups is 1. The maximum absolute atomic E-state index is 10.8. The van der Waals surface area contributed by atoms with E-state index in [1.807, 2.05) is 25.1 Å². The molecule has 18 heavy (non-hydrogen) atoms. The van der Waals surface area contributed by atoms with Crippen LogP contribution in [0, 0.1) is 0 Å². The lowest BCUT2D eigenvalue weighted by atomic mass is 9.87. The number of hydrogen-bond acceptors (Lipinski definition) is 2. The topological polar surface area (TPSA) is 52.3 Å². The second-order valence-corrected chi connectivity index (χ2v) is 4.49. The van der Waals surface area contributed by atoms with Gasteiger partial charge in [0.15, 0.2) is 0 Å². The van der Waals surface area contributed by atoms with Crippen LogP contribution in [-0.4, -0.2) is 12.5 Å². The predicted octanol–water partition coefficient (Wildman–Crippen LogP) is 2.46. The van der Waals surface area contributed by atoms with Crippen LogP contribution in [0.1, 0.15) is 36.5 Å². The molecule has 3 heteroatoms. The molecular formula is C15H19NO2. The molecule has 1 aromatic carbocycles. The van der Waals surface area contributed by atoms with Gasteiger partial charge in [0, 0.05) is 6.08 Å². The maximum Gasteiger partial charge on any atom is 0.241 e. The molecule has 1 amide bonds. The van der Waals surface area contributed by atoms with Gasteiger partial charge in [-0.15, -0.1) is 0 Å². The Labute approximate surface area is 108 Å². The minimum Gasteiger partial charge on any atom is -0.494 e. The number of ether oxygens (including phenoxy) is 1. The Morgan fingerprint density at radius 1 is 1.33 bits per heavy atom. The van der Waals surface area contributed by atoms with Crippen LogP contribution < -0.4 is 10.5 Å². The van der Waals surface area contributed by atoms with Gasteiger partial charge in [-0.25, -0.2) is 0 Å². The third-order valence-corrected chi connectivity index (χ3v) is 3.25. The number of hydrogen-bond donors (Lipinski definition) is 1. The van der Waals surface area contributed by atoms with E-state index in [1.54, 1.807) is 0 Å². The third kappa shape index (κ3) is 2.73. The van der Waals surface area contributed by atoms with E-state index in [2.05, 4.69) is 0 Å². The Bertz CT molecular complexity index is 478. The maximum atomic E-state index is 10.8. The van der Waals surface area contributed by atoms with Gasteiger partial charge < -0.3 is 10.5 Å². The van der Waals surface area contributed by atoms with Crippen LogP contribution in [0.15, 0.2) is 18.2 Å². The average molecular weight is 245 g/mol. The Kier molecular flexibility index (Phi) is 4.03. The zero-order valence-electron chi connectivity index (χ0n) is 10.7. The molecule has 1 aliphatic rings. The highest BCUT2D eigenvalue weighted by Gasteiger charge is 2.16. The lowest BCUT2D eigenvalue weighted by molar-refractivity contribution is -0.113. The molecule has 0 bridgehead atoms. The Morgan fingerprint density at radius 3 is 2.72 bits per heavy atom. The van der Waals surface area contributed by atoms with Gasteiger partial charge in [0.25, 0.3) is 0 Å². The van der Waals surface area contributed by atoms with E-state index in [-0.39, 0.29) is 0 Å². The van der Waals surface area contributed by atoms with Crippen molar-refractivity contribution in [3.8, 4) is 5.75 Å². The Hall–Kier alpha value is -1.77. The van der Waals surface area contributed by atoms with Gasteiger partial charge in [-0.2, -0.15) is 0 Å². The van der Waals surface area contributed by atoms with E-state index in [9.17, 15) is 4.79 Å². The van der Waals surface area contributed by atoms with Crippen LogP contribution in [0.25, 0.3) is 6.08 Å². The molecule has 0 saturated heterocycles. The number of fused-ring (bicyclic) bond motifs is 1. The molecule has 0 spiro atoms. The normalized spacial score (nSPS) is 14.5. The number of benzene rings is 1. The van der Waals surface area contributed by atoms with E-state index < -0.39 is 5.91 Å². The Morgan fingerprint density at radius 2 is 2.06 bits per heavy atom. The van der Waals surface area contributed by atoms with Crippen molar-refractivity contribution in [2.45, 2.75) is 32.6 Å². The van der Waals surface area contributed by atoms with Crippen molar-refractivity contribution >= 4 is 12.0 Å². The molecule has 0 radical (unpaired) electrons. The monoisotopic (exact) mass is 245 g/mol. The summed E-state index contributed by atoms with van der Waals surface area (Å²) in [7, 11) is 0. The molecule has 0 aliphatic heterocycles. The fourth-order valence-corrected chi connectivity index (χ4v) is 2.48. The molecule has 2 N–H and O–H groups in total. The molecule has 1 aromatic rings. The zero-order valence-corrected chi connectivity index (χ0v) is 10.7. The molecule has 3 nitrogen and oxygen atoms in total. The molecule has 0 fully saturated rings. The molecule has 96 valence electrons. The second-order valence-electron chi connectivity index (χ2n) is 4.49. The highest BCUT2D eigenvalue weighted by molar-refractivity contribution is 5.90. The molecule has 1 aliphatic carbocycles. The van der Waals surface area contributed by atoms with E-state index in [0.29, 0.717) is 6.61 Å². The molecule has 0 unspecified atom stereocenters. The van der Waals surface area contributed by atoms with Crippen molar-refractivity contribution in [3.63, 3.8) is 0 Å². The van der Waals surface area contributed by atoms with Crippen LogP contribution in [0.4, 0.5) is 0 Å². The summed E-state index contributed by atoms with van der Waals surface area (Å²) in [6.07, 6.45) is 7.74. The second kappa shape index (κ2) is 5.71. The van der Waals surface area contributed by atoms with Crippen LogP contribution in [0.2, 0.25) is 0 Å². The van der Waals surface area contributed by atoms with Gasteiger partial charge in [-0.05, 0) is 61.4 Å². The van der Waals surface area contributed by atoms with E-state index in [1.165, 1.54) is 30.0 Å². The number of carbonyl (C=O) groups excluding carboxylic acids is 1. The largest absolute Gasteiger partial charge is 0.494 e. The predicted molar refractivity (Wildman–Crippen MR) is 72.5 cm³/mol. The smallest absolute Gasteiger partial charge is 0.241 e. The first-order chi connectivity index (χ1) is 8.72. The summed E-state index contributed by atoms with van der Waals surface area (Å²) >= 11 is 0. The van der Waals surface area contributed by atoms with Crippen molar-refractivity contribution in [2.24, 2.45) is 5.73 Å². The standard InChI is InChI=1S/C15H19NO2/c1-2-18-14-9-7-11(8-10-15(16)17)12-5-3-4-6-13(12)14/h7-10H,2-6H2,1H3,(H2,16,17)/b10-8+. The quantitative estimate of drug-likeness (QED) is 0.828. The summed E-state index contributed by atoms with van der Waals surface area (Å²) in [6.45, 7) is 2.68. The lowest BCUT2D eigenvalue weighted by Crippen LogP contribution is -2.09. The third-order valence-electron chi connectivity index (χ3n) is 3.25. The minimum atomic E-state index is -0.409. The van der Waals surface area contributed by atoms with Gasteiger partial charge in [0.1, 0.15) is 5.75 Å². The van der Waals surface area contributed by atoms with Crippen molar-refractivity contribution in [1.82, 2.24) is 0 Å². The van der Waals surface area contributed by atoms with Crippen LogP contribution in [-0.2, 0) is 17.6 Å². The molecule has 0 saturated carbocycles. The van der Waals surface area contributed by atoms with Crippen LogP contribution in [0.5, 0.6) is 5.75 Å². The first kappa shape index (κ1) is 12.7. The SMILES string of the molecule is CCOc1ccc(/C=C/C(N)=O)c2c1CCCC2. The van der Waals surface area contributed by atoms with Crippen LogP contribution >= 0.6 is 0 Å². The molecule has 2 rings (SSSR count). The zero-order chi connectivity index (χ0) is 13.0. The number of rotatable bonds is 4. The summed E-state index contributed by atoms with van der Waals surface area (Å²) in [5.41, 5.74) is 8.84. The summed E-state index contributed by atoms with van der Waals surface area (Å²) in [5, 5.41) is 0. The summed E-state index contributed by atoms with van der Waals surface area (Å²) in [5.74, 6) is 0.580.